The van der Waals surface area contributed by atoms with Gasteiger partial charge in [-0.1, -0.05) is 25.1 Å². The van der Waals surface area contributed by atoms with Gasteiger partial charge in [0.25, 0.3) is 0 Å². The standard InChI is InChI=1S/C14H23N3O/c1-11(8-15)9-17(3)10-14(18)16-13-7-5-4-6-12(13)2/h4-7,11H,8-10,15H2,1-3H3,(H,16,18). The Bertz CT molecular complexity index is 392. The van der Waals surface area contributed by atoms with Crippen molar-refractivity contribution in [1.82, 2.24) is 4.90 Å². The lowest BCUT2D eigenvalue weighted by Crippen LogP contribution is -2.35. The normalized spacial score (nSPS) is 12.5. The Balaban J connectivity index is 2.45. The first kappa shape index (κ1) is 14.7. The molecule has 1 aromatic rings. The Hall–Kier alpha value is -1.39. The van der Waals surface area contributed by atoms with Crippen molar-refractivity contribution in [2.24, 2.45) is 11.7 Å². The molecule has 0 aliphatic rings. The number of likely N-dealkylation sites (N-methyl/N-ethyl adjacent to an activating group) is 1. The number of amides is 1. The van der Waals surface area contributed by atoms with Crippen molar-refractivity contribution in [2.75, 3.05) is 32.0 Å². The molecule has 0 radical (unpaired) electrons. The molecule has 4 nitrogen and oxygen atoms in total. The zero-order valence-electron chi connectivity index (χ0n) is 11.4. The minimum Gasteiger partial charge on any atom is -0.330 e. The lowest BCUT2D eigenvalue weighted by Gasteiger charge is -2.20. The molecule has 18 heavy (non-hydrogen) atoms. The minimum absolute atomic E-state index is 0.0102. The number of nitrogens with two attached hydrogens (primary N) is 1. The van der Waals surface area contributed by atoms with Gasteiger partial charge in [0.15, 0.2) is 0 Å². The van der Waals surface area contributed by atoms with Gasteiger partial charge in [-0.3, -0.25) is 9.69 Å². The zero-order chi connectivity index (χ0) is 13.5. The Kier molecular flexibility index (Phi) is 5.82. The molecule has 0 aliphatic carbocycles. The van der Waals surface area contributed by atoms with Crippen LogP contribution >= 0.6 is 0 Å². The van der Waals surface area contributed by atoms with Crippen molar-refractivity contribution in [3.63, 3.8) is 0 Å². The molecule has 1 rings (SSSR count). The van der Waals surface area contributed by atoms with Gasteiger partial charge in [0.1, 0.15) is 0 Å². The molecule has 0 heterocycles. The zero-order valence-corrected chi connectivity index (χ0v) is 11.4. The molecule has 0 aromatic heterocycles. The van der Waals surface area contributed by atoms with E-state index in [1.54, 1.807) is 0 Å². The fourth-order valence-corrected chi connectivity index (χ4v) is 1.82. The third-order valence-electron chi connectivity index (χ3n) is 2.86. The van der Waals surface area contributed by atoms with E-state index in [1.807, 2.05) is 43.1 Å². The first-order valence-electron chi connectivity index (χ1n) is 6.27. The van der Waals surface area contributed by atoms with E-state index in [0.717, 1.165) is 17.8 Å². The summed E-state index contributed by atoms with van der Waals surface area (Å²) in [5.41, 5.74) is 7.52. The van der Waals surface area contributed by atoms with E-state index in [1.165, 1.54) is 0 Å². The van der Waals surface area contributed by atoms with Gasteiger partial charge in [-0.2, -0.15) is 0 Å². The summed E-state index contributed by atoms with van der Waals surface area (Å²) in [4.78, 5) is 13.9. The molecule has 0 spiro atoms. The van der Waals surface area contributed by atoms with Crippen molar-refractivity contribution in [3.8, 4) is 0 Å². The Morgan fingerprint density at radius 2 is 2.11 bits per heavy atom. The van der Waals surface area contributed by atoms with Crippen LogP contribution in [0.1, 0.15) is 12.5 Å². The molecule has 1 unspecified atom stereocenters. The van der Waals surface area contributed by atoms with Gasteiger partial charge in [-0.25, -0.2) is 0 Å². The van der Waals surface area contributed by atoms with E-state index in [2.05, 4.69) is 12.2 Å². The van der Waals surface area contributed by atoms with Crippen molar-refractivity contribution >= 4 is 11.6 Å². The van der Waals surface area contributed by atoms with E-state index in [-0.39, 0.29) is 5.91 Å². The Labute approximate surface area is 109 Å². The summed E-state index contributed by atoms with van der Waals surface area (Å²) >= 11 is 0. The Morgan fingerprint density at radius 1 is 1.44 bits per heavy atom. The average Bonchev–Trinajstić information content (AvgIpc) is 2.31. The highest BCUT2D eigenvalue weighted by molar-refractivity contribution is 5.92. The fraction of sp³-hybridized carbons (Fsp3) is 0.500. The number of nitrogens with one attached hydrogen (secondary N) is 1. The van der Waals surface area contributed by atoms with Gasteiger partial charge in [0.05, 0.1) is 6.54 Å². The lowest BCUT2D eigenvalue weighted by atomic mass is 10.2. The van der Waals surface area contributed by atoms with Gasteiger partial charge < -0.3 is 11.1 Å². The molecule has 0 fully saturated rings. The summed E-state index contributed by atoms with van der Waals surface area (Å²) < 4.78 is 0. The predicted molar refractivity (Wildman–Crippen MR) is 75.5 cm³/mol. The Morgan fingerprint density at radius 3 is 2.72 bits per heavy atom. The fourth-order valence-electron chi connectivity index (χ4n) is 1.82. The second kappa shape index (κ2) is 7.13. The van der Waals surface area contributed by atoms with Crippen LogP contribution in [0.5, 0.6) is 0 Å². The number of carbonyl (C=O) groups is 1. The molecule has 0 saturated heterocycles. The molecular weight excluding hydrogens is 226 g/mol. The summed E-state index contributed by atoms with van der Waals surface area (Å²) in [6, 6.07) is 7.77. The van der Waals surface area contributed by atoms with Crippen LogP contribution in [0.15, 0.2) is 24.3 Å². The van der Waals surface area contributed by atoms with Crippen LogP contribution < -0.4 is 11.1 Å². The average molecular weight is 249 g/mol. The van der Waals surface area contributed by atoms with Crippen LogP contribution in [0, 0.1) is 12.8 Å². The largest absolute Gasteiger partial charge is 0.330 e. The van der Waals surface area contributed by atoms with Gasteiger partial charge in [0.2, 0.25) is 5.91 Å². The smallest absolute Gasteiger partial charge is 0.238 e. The maximum Gasteiger partial charge on any atom is 0.238 e. The molecule has 0 aliphatic heterocycles. The third kappa shape index (κ3) is 4.85. The SMILES string of the molecule is Cc1ccccc1NC(=O)CN(C)CC(C)CN. The van der Waals surface area contributed by atoms with Crippen LogP contribution in [-0.4, -0.2) is 37.5 Å². The van der Waals surface area contributed by atoms with E-state index >= 15 is 0 Å². The summed E-state index contributed by atoms with van der Waals surface area (Å²) in [7, 11) is 1.93. The minimum atomic E-state index is 0.0102. The highest BCUT2D eigenvalue weighted by Crippen LogP contribution is 2.12. The first-order chi connectivity index (χ1) is 8.52. The molecule has 1 aromatic carbocycles. The van der Waals surface area contributed by atoms with E-state index in [4.69, 9.17) is 5.73 Å². The van der Waals surface area contributed by atoms with Crippen LogP contribution in [-0.2, 0) is 4.79 Å². The molecule has 1 atom stereocenters. The first-order valence-corrected chi connectivity index (χ1v) is 6.27. The van der Waals surface area contributed by atoms with Gasteiger partial charge >= 0.3 is 0 Å². The van der Waals surface area contributed by atoms with E-state index < -0.39 is 0 Å². The number of hydrogen-bond donors (Lipinski definition) is 2. The number of hydrogen-bond acceptors (Lipinski definition) is 3. The van der Waals surface area contributed by atoms with Crippen LogP contribution in [0.2, 0.25) is 0 Å². The summed E-state index contributed by atoms with van der Waals surface area (Å²) in [6.45, 7) is 5.92. The maximum atomic E-state index is 11.9. The van der Waals surface area contributed by atoms with Crippen LogP contribution in [0.4, 0.5) is 5.69 Å². The number of rotatable bonds is 6. The molecular formula is C14H23N3O. The monoisotopic (exact) mass is 249 g/mol. The summed E-state index contributed by atoms with van der Waals surface area (Å²) in [5, 5.41) is 2.92. The molecule has 4 heteroatoms. The summed E-state index contributed by atoms with van der Waals surface area (Å²) in [6.07, 6.45) is 0. The number of benzene rings is 1. The highest BCUT2D eigenvalue weighted by Gasteiger charge is 2.10. The van der Waals surface area contributed by atoms with E-state index in [0.29, 0.717) is 19.0 Å². The van der Waals surface area contributed by atoms with Crippen molar-refractivity contribution in [3.05, 3.63) is 29.8 Å². The van der Waals surface area contributed by atoms with E-state index in [9.17, 15) is 4.79 Å². The number of anilines is 1. The molecule has 3 N–H and O–H groups in total. The number of para-hydroxylation sites is 1. The van der Waals surface area contributed by atoms with Crippen molar-refractivity contribution in [2.45, 2.75) is 13.8 Å². The number of aryl methyl sites for hydroxylation is 1. The summed E-state index contributed by atoms with van der Waals surface area (Å²) in [5.74, 6) is 0.414. The topological polar surface area (TPSA) is 58.4 Å². The third-order valence-corrected chi connectivity index (χ3v) is 2.86. The van der Waals surface area contributed by atoms with Crippen molar-refractivity contribution in [1.29, 1.82) is 0 Å². The molecule has 100 valence electrons. The number of carbonyl (C=O) groups excluding carboxylic acids is 1. The second-order valence-corrected chi connectivity index (χ2v) is 4.90. The molecule has 0 saturated carbocycles. The van der Waals surface area contributed by atoms with Crippen LogP contribution in [0.3, 0.4) is 0 Å². The van der Waals surface area contributed by atoms with Gasteiger partial charge in [-0.15, -0.1) is 0 Å². The molecule has 0 bridgehead atoms. The lowest BCUT2D eigenvalue weighted by molar-refractivity contribution is -0.117. The number of nitrogens with zero attached hydrogens (tertiary/aromatic N) is 1. The van der Waals surface area contributed by atoms with Gasteiger partial charge in [-0.05, 0) is 38.1 Å². The maximum absolute atomic E-state index is 11.9. The van der Waals surface area contributed by atoms with Gasteiger partial charge in [0, 0.05) is 12.2 Å². The van der Waals surface area contributed by atoms with Crippen LogP contribution in [0.25, 0.3) is 0 Å². The predicted octanol–water partition coefficient (Wildman–Crippen LogP) is 1.46. The second-order valence-electron chi connectivity index (χ2n) is 4.90. The van der Waals surface area contributed by atoms with Crippen molar-refractivity contribution < 1.29 is 4.79 Å². The quantitative estimate of drug-likeness (QED) is 0.802. The highest BCUT2D eigenvalue weighted by atomic mass is 16.2. The molecule has 1 amide bonds.